The van der Waals surface area contributed by atoms with E-state index in [0.29, 0.717) is 0 Å². The molecule has 5 heteroatoms. The Morgan fingerprint density at radius 2 is 1.88 bits per heavy atom. The Labute approximate surface area is 101 Å². The minimum Gasteiger partial charge on any atom is -0.480 e. The number of nitrogens with one attached hydrogen (secondary N) is 1. The molecule has 2 fully saturated rings. The molecule has 5 nitrogen and oxygen atoms in total. The van der Waals surface area contributed by atoms with Crippen LogP contribution in [0.2, 0.25) is 0 Å². The Hall–Kier alpha value is -1.10. The number of nitrogens with zero attached hydrogens (tertiary/aromatic N) is 1. The molecule has 1 saturated carbocycles. The zero-order chi connectivity index (χ0) is 12.3. The SMILES string of the molecule is O=C(O)C(NCC(=O)N1CCCCC1)C1CC1. The second-order valence-electron chi connectivity index (χ2n) is 4.98. The number of carbonyl (C=O) groups is 2. The highest BCUT2D eigenvalue weighted by molar-refractivity contribution is 5.80. The molecule has 2 aliphatic rings. The second kappa shape index (κ2) is 5.49. The van der Waals surface area contributed by atoms with Crippen molar-refractivity contribution in [3.05, 3.63) is 0 Å². The summed E-state index contributed by atoms with van der Waals surface area (Å²) in [5.41, 5.74) is 0. The molecule has 1 amide bonds. The Morgan fingerprint density at radius 1 is 1.24 bits per heavy atom. The van der Waals surface area contributed by atoms with Crippen molar-refractivity contribution < 1.29 is 14.7 Å². The average Bonchev–Trinajstić information content (AvgIpc) is 3.14. The third kappa shape index (κ3) is 3.43. The monoisotopic (exact) mass is 240 g/mol. The van der Waals surface area contributed by atoms with E-state index in [1.165, 1.54) is 6.42 Å². The third-order valence-electron chi connectivity index (χ3n) is 3.54. The van der Waals surface area contributed by atoms with Crippen LogP contribution in [0.25, 0.3) is 0 Å². The number of hydrogen-bond acceptors (Lipinski definition) is 3. The minimum atomic E-state index is -0.834. The highest BCUT2D eigenvalue weighted by atomic mass is 16.4. The lowest BCUT2D eigenvalue weighted by Gasteiger charge is -2.27. The summed E-state index contributed by atoms with van der Waals surface area (Å²) in [5, 5.41) is 11.9. The summed E-state index contributed by atoms with van der Waals surface area (Å²) in [7, 11) is 0. The molecule has 0 aromatic carbocycles. The van der Waals surface area contributed by atoms with Gasteiger partial charge in [-0.3, -0.25) is 14.9 Å². The van der Waals surface area contributed by atoms with Crippen LogP contribution in [0, 0.1) is 5.92 Å². The van der Waals surface area contributed by atoms with E-state index in [2.05, 4.69) is 5.32 Å². The lowest BCUT2D eigenvalue weighted by Crippen LogP contribution is -2.46. The maximum atomic E-state index is 11.8. The van der Waals surface area contributed by atoms with Crippen LogP contribution in [-0.2, 0) is 9.59 Å². The Bertz CT molecular complexity index is 296. The molecule has 0 bridgehead atoms. The van der Waals surface area contributed by atoms with Crippen LogP contribution < -0.4 is 5.32 Å². The van der Waals surface area contributed by atoms with Gasteiger partial charge in [-0.25, -0.2) is 0 Å². The first-order valence-corrected chi connectivity index (χ1v) is 6.42. The number of piperidine rings is 1. The van der Waals surface area contributed by atoms with Crippen LogP contribution in [-0.4, -0.2) is 47.6 Å². The molecule has 2 rings (SSSR count). The minimum absolute atomic E-state index is 0.0385. The number of carbonyl (C=O) groups excluding carboxylic acids is 1. The van der Waals surface area contributed by atoms with E-state index in [4.69, 9.17) is 5.11 Å². The summed E-state index contributed by atoms with van der Waals surface area (Å²) in [6, 6.07) is -0.538. The van der Waals surface area contributed by atoms with E-state index < -0.39 is 12.0 Å². The quantitative estimate of drug-likeness (QED) is 0.732. The van der Waals surface area contributed by atoms with Gasteiger partial charge in [0.25, 0.3) is 0 Å². The molecule has 0 aromatic heterocycles. The fourth-order valence-corrected chi connectivity index (χ4v) is 2.34. The lowest BCUT2D eigenvalue weighted by molar-refractivity contribution is -0.140. The van der Waals surface area contributed by atoms with E-state index in [1.807, 2.05) is 4.90 Å². The molecule has 0 radical (unpaired) electrons. The van der Waals surface area contributed by atoms with Crippen LogP contribution in [0.5, 0.6) is 0 Å². The van der Waals surface area contributed by atoms with Gasteiger partial charge >= 0.3 is 5.97 Å². The van der Waals surface area contributed by atoms with Crippen molar-refractivity contribution in [2.24, 2.45) is 5.92 Å². The fourth-order valence-electron chi connectivity index (χ4n) is 2.34. The molecule has 96 valence electrons. The first kappa shape index (κ1) is 12.4. The number of aliphatic carboxylic acids is 1. The van der Waals surface area contributed by atoms with E-state index in [1.54, 1.807) is 0 Å². The van der Waals surface area contributed by atoms with Crippen LogP contribution in [0.4, 0.5) is 0 Å². The van der Waals surface area contributed by atoms with E-state index in [9.17, 15) is 9.59 Å². The van der Waals surface area contributed by atoms with Gasteiger partial charge < -0.3 is 10.0 Å². The maximum Gasteiger partial charge on any atom is 0.320 e. The molecule has 1 heterocycles. The largest absolute Gasteiger partial charge is 0.480 e. The van der Waals surface area contributed by atoms with E-state index >= 15 is 0 Å². The number of carboxylic acid groups (broad SMARTS) is 1. The number of hydrogen-bond donors (Lipinski definition) is 2. The zero-order valence-corrected chi connectivity index (χ0v) is 10.0. The van der Waals surface area contributed by atoms with Gasteiger partial charge in [0.2, 0.25) is 5.91 Å². The first-order chi connectivity index (χ1) is 8.18. The van der Waals surface area contributed by atoms with E-state index in [-0.39, 0.29) is 18.4 Å². The van der Waals surface area contributed by atoms with Gasteiger partial charge in [-0.15, -0.1) is 0 Å². The standard InChI is InChI=1S/C12H20N2O3/c15-10(14-6-2-1-3-7-14)8-13-11(12(16)17)9-4-5-9/h9,11,13H,1-8H2,(H,16,17). The number of carboxylic acids is 1. The molecule has 17 heavy (non-hydrogen) atoms. The number of rotatable bonds is 5. The van der Waals surface area contributed by atoms with E-state index in [0.717, 1.165) is 38.8 Å². The smallest absolute Gasteiger partial charge is 0.320 e. The van der Waals surface area contributed by atoms with Gasteiger partial charge in [-0.1, -0.05) is 0 Å². The molecule has 1 saturated heterocycles. The number of amides is 1. The summed E-state index contributed by atoms with van der Waals surface area (Å²) in [5.74, 6) is -0.572. The summed E-state index contributed by atoms with van der Waals surface area (Å²) < 4.78 is 0. The second-order valence-corrected chi connectivity index (χ2v) is 4.98. The van der Waals surface area contributed by atoms with Gasteiger partial charge in [0.1, 0.15) is 6.04 Å². The fraction of sp³-hybridized carbons (Fsp3) is 0.833. The molecule has 0 spiro atoms. The summed E-state index contributed by atoms with van der Waals surface area (Å²) in [6.07, 6.45) is 5.24. The highest BCUT2D eigenvalue weighted by Gasteiger charge is 2.36. The van der Waals surface area contributed by atoms with Gasteiger partial charge in [0.15, 0.2) is 0 Å². The molecule has 1 unspecified atom stereocenters. The Morgan fingerprint density at radius 3 is 2.41 bits per heavy atom. The molecule has 1 atom stereocenters. The van der Waals surface area contributed by atoms with Crippen molar-refractivity contribution >= 4 is 11.9 Å². The molecular weight excluding hydrogens is 220 g/mol. The Kier molecular flexibility index (Phi) is 3.99. The predicted molar refractivity (Wildman–Crippen MR) is 62.6 cm³/mol. The summed E-state index contributed by atoms with van der Waals surface area (Å²) in [4.78, 5) is 24.7. The average molecular weight is 240 g/mol. The topological polar surface area (TPSA) is 69.6 Å². The highest BCUT2D eigenvalue weighted by Crippen LogP contribution is 2.32. The lowest BCUT2D eigenvalue weighted by atomic mass is 10.1. The number of likely N-dealkylation sites (tertiary alicyclic amines) is 1. The van der Waals surface area contributed by atoms with Gasteiger partial charge in [-0.05, 0) is 38.0 Å². The summed E-state index contributed by atoms with van der Waals surface area (Å²) in [6.45, 7) is 1.80. The van der Waals surface area contributed by atoms with Gasteiger partial charge in [0.05, 0.1) is 6.54 Å². The van der Waals surface area contributed by atoms with Gasteiger partial charge in [0, 0.05) is 13.1 Å². The van der Waals surface area contributed by atoms with Crippen LogP contribution in [0.3, 0.4) is 0 Å². The third-order valence-corrected chi connectivity index (χ3v) is 3.54. The van der Waals surface area contributed by atoms with Crippen LogP contribution >= 0.6 is 0 Å². The Balaban J connectivity index is 1.75. The van der Waals surface area contributed by atoms with Crippen LogP contribution in [0.15, 0.2) is 0 Å². The van der Waals surface area contributed by atoms with Crippen molar-refractivity contribution in [1.82, 2.24) is 10.2 Å². The van der Waals surface area contributed by atoms with Crippen molar-refractivity contribution in [3.8, 4) is 0 Å². The zero-order valence-electron chi connectivity index (χ0n) is 10.0. The van der Waals surface area contributed by atoms with Crippen molar-refractivity contribution in [3.63, 3.8) is 0 Å². The normalized spacial score (nSPS) is 22.2. The van der Waals surface area contributed by atoms with Crippen molar-refractivity contribution in [2.75, 3.05) is 19.6 Å². The molecular formula is C12H20N2O3. The van der Waals surface area contributed by atoms with Crippen molar-refractivity contribution in [2.45, 2.75) is 38.1 Å². The maximum absolute atomic E-state index is 11.8. The molecule has 0 aromatic rings. The van der Waals surface area contributed by atoms with Gasteiger partial charge in [-0.2, -0.15) is 0 Å². The predicted octanol–water partition coefficient (Wildman–Crippen LogP) is 0.452. The first-order valence-electron chi connectivity index (χ1n) is 6.42. The molecule has 2 N–H and O–H groups in total. The molecule has 1 aliphatic heterocycles. The summed E-state index contributed by atoms with van der Waals surface area (Å²) >= 11 is 0. The van der Waals surface area contributed by atoms with Crippen LogP contribution in [0.1, 0.15) is 32.1 Å². The molecule has 1 aliphatic carbocycles. The van der Waals surface area contributed by atoms with Crippen molar-refractivity contribution in [1.29, 1.82) is 0 Å².